The molecule has 1 N–H and O–H groups in total. The first-order valence-electron chi connectivity index (χ1n) is 11.0. The van der Waals surface area contributed by atoms with E-state index in [9.17, 15) is 0 Å². The van der Waals surface area contributed by atoms with Crippen molar-refractivity contribution in [1.82, 2.24) is 10.2 Å². The molecule has 0 unspecified atom stereocenters. The van der Waals surface area contributed by atoms with E-state index in [4.69, 9.17) is 25.8 Å². The Bertz CT molecular complexity index is 1110. The number of hydrogen-bond donors (Lipinski definition) is 1. The number of halogens is 1. The van der Waals surface area contributed by atoms with E-state index in [2.05, 4.69) is 34.5 Å². The Hall–Kier alpha value is -2.73. The minimum absolute atomic E-state index is 0.560. The van der Waals surface area contributed by atoms with Gasteiger partial charge in [0.2, 0.25) is 0 Å². The summed E-state index contributed by atoms with van der Waals surface area (Å²) in [6.45, 7) is 6.18. The lowest BCUT2D eigenvalue weighted by Gasteiger charge is -2.27. The number of benzene rings is 3. The molecule has 3 aromatic rings. The second-order valence-electron chi connectivity index (χ2n) is 8.08. The van der Waals surface area contributed by atoms with Crippen LogP contribution in [-0.2, 0) is 6.54 Å². The van der Waals surface area contributed by atoms with Crippen LogP contribution in [0, 0.1) is 0 Å². The molecule has 0 amide bonds. The van der Waals surface area contributed by atoms with Crippen molar-refractivity contribution in [3.63, 3.8) is 0 Å². The summed E-state index contributed by atoms with van der Waals surface area (Å²) in [5, 5.41) is 4.11. The number of fused-ring (bicyclic) bond motifs is 1. The maximum atomic E-state index is 6.92. The minimum Gasteiger partial charge on any atom is -0.496 e. The van der Waals surface area contributed by atoms with E-state index in [0.29, 0.717) is 18.2 Å². The first-order valence-corrected chi connectivity index (χ1v) is 11.4. The molecule has 3 aromatic carbocycles. The van der Waals surface area contributed by atoms with Crippen molar-refractivity contribution in [2.24, 2.45) is 0 Å². The summed E-state index contributed by atoms with van der Waals surface area (Å²) >= 11 is 6.92. The molecule has 0 radical (unpaired) electrons. The summed E-state index contributed by atoms with van der Waals surface area (Å²) in [6, 6.07) is 18.5. The molecular weight excluding hydrogens is 424 g/mol. The molecule has 0 spiro atoms. The molecule has 0 aliphatic carbocycles. The highest BCUT2D eigenvalue weighted by Crippen LogP contribution is 2.41. The lowest BCUT2D eigenvalue weighted by molar-refractivity contribution is 0.171. The van der Waals surface area contributed by atoms with E-state index in [1.165, 1.54) is 5.56 Å². The summed E-state index contributed by atoms with van der Waals surface area (Å²) in [5.74, 6) is 2.42. The second kappa shape index (κ2) is 9.41. The highest BCUT2D eigenvalue weighted by molar-refractivity contribution is 6.36. The molecule has 1 fully saturated rings. The Morgan fingerprint density at radius 2 is 1.59 bits per heavy atom. The number of piperazine rings is 1. The largest absolute Gasteiger partial charge is 0.496 e. The van der Waals surface area contributed by atoms with Crippen molar-refractivity contribution in [2.75, 3.05) is 46.5 Å². The van der Waals surface area contributed by atoms with Crippen molar-refractivity contribution in [1.29, 1.82) is 0 Å². The van der Waals surface area contributed by atoms with Crippen molar-refractivity contribution >= 4 is 11.6 Å². The molecule has 6 heteroatoms. The van der Waals surface area contributed by atoms with Crippen molar-refractivity contribution in [2.45, 2.75) is 6.54 Å². The number of methoxy groups -OCH3 is 1. The van der Waals surface area contributed by atoms with Crippen LogP contribution < -0.4 is 19.5 Å². The van der Waals surface area contributed by atoms with Gasteiger partial charge in [-0.3, -0.25) is 4.90 Å². The fourth-order valence-corrected chi connectivity index (χ4v) is 4.69. The fourth-order valence-electron chi connectivity index (χ4n) is 4.34. The SMILES string of the molecule is COc1cc(-c2cccc(-c3ccc4c(c3)OCCO4)c2Cl)ccc1CN1CCNCC1. The minimum atomic E-state index is 0.560. The zero-order valence-corrected chi connectivity index (χ0v) is 19.0. The Morgan fingerprint density at radius 1 is 0.906 bits per heavy atom. The first-order chi connectivity index (χ1) is 15.7. The van der Waals surface area contributed by atoms with E-state index < -0.39 is 0 Å². The van der Waals surface area contributed by atoms with Gasteiger partial charge in [-0.2, -0.15) is 0 Å². The molecule has 32 heavy (non-hydrogen) atoms. The van der Waals surface area contributed by atoms with Crippen LogP contribution >= 0.6 is 11.6 Å². The van der Waals surface area contributed by atoms with E-state index >= 15 is 0 Å². The Balaban J connectivity index is 1.46. The molecule has 2 aliphatic rings. The molecule has 5 nitrogen and oxygen atoms in total. The van der Waals surface area contributed by atoms with Crippen LogP contribution in [0.4, 0.5) is 0 Å². The standard InChI is InChI=1S/C26H27ClN2O3/c1-30-24-15-18(5-6-20(24)17-29-11-9-28-10-12-29)21-3-2-4-22(26(21)27)19-7-8-23-25(16-19)32-14-13-31-23/h2-8,15-16,28H,9-14,17H2,1H3. The predicted molar refractivity (Wildman–Crippen MR) is 128 cm³/mol. The van der Waals surface area contributed by atoms with E-state index in [-0.39, 0.29) is 0 Å². The molecular formula is C26H27ClN2O3. The van der Waals surface area contributed by atoms with Crippen LogP contribution in [0.25, 0.3) is 22.3 Å². The molecule has 166 valence electrons. The lowest BCUT2D eigenvalue weighted by Crippen LogP contribution is -2.42. The van der Waals surface area contributed by atoms with E-state index in [1.807, 2.05) is 30.3 Å². The van der Waals surface area contributed by atoms with Gasteiger partial charge in [0.1, 0.15) is 19.0 Å². The highest BCUT2D eigenvalue weighted by Gasteiger charge is 2.17. The molecule has 0 atom stereocenters. The average Bonchev–Trinajstić information content (AvgIpc) is 2.85. The summed E-state index contributed by atoms with van der Waals surface area (Å²) in [6.07, 6.45) is 0. The molecule has 2 aliphatic heterocycles. The third kappa shape index (κ3) is 4.29. The first kappa shape index (κ1) is 21.1. The number of hydrogen-bond acceptors (Lipinski definition) is 5. The summed E-state index contributed by atoms with van der Waals surface area (Å²) < 4.78 is 17.2. The van der Waals surface area contributed by atoms with Crippen molar-refractivity contribution < 1.29 is 14.2 Å². The van der Waals surface area contributed by atoms with Gasteiger partial charge in [0.15, 0.2) is 11.5 Å². The maximum absolute atomic E-state index is 6.92. The van der Waals surface area contributed by atoms with Crippen molar-refractivity contribution in [3.8, 4) is 39.5 Å². The molecule has 0 aromatic heterocycles. The number of nitrogens with zero attached hydrogens (tertiary/aromatic N) is 1. The average molecular weight is 451 g/mol. The van der Waals surface area contributed by atoms with Crippen LogP contribution in [0.1, 0.15) is 5.56 Å². The zero-order valence-electron chi connectivity index (χ0n) is 18.2. The number of nitrogens with one attached hydrogen (secondary N) is 1. The van der Waals surface area contributed by atoms with Gasteiger partial charge in [0.25, 0.3) is 0 Å². The normalized spacial score (nSPS) is 16.1. The van der Waals surface area contributed by atoms with Crippen LogP contribution in [0.5, 0.6) is 17.2 Å². The third-order valence-electron chi connectivity index (χ3n) is 6.05. The van der Waals surface area contributed by atoms with Gasteiger partial charge in [-0.25, -0.2) is 0 Å². The van der Waals surface area contributed by atoms with Crippen LogP contribution in [-0.4, -0.2) is 51.4 Å². The number of rotatable bonds is 5. The summed E-state index contributed by atoms with van der Waals surface area (Å²) in [5.41, 5.74) is 5.17. The predicted octanol–water partition coefficient (Wildman–Crippen LogP) is 4.86. The van der Waals surface area contributed by atoms with E-state index in [0.717, 1.165) is 72.2 Å². The third-order valence-corrected chi connectivity index (χ3v) is 6.46. The van der Waals surface area contributed by atoms with Gasteiger partial charge >= 0.3 is 0 Å². The monoisotopic (exact) mass is 450 g/mol. The quantitative estimate of drug-likeness (QED) is 0.601. The fraction of sp³-hybridized carbons (Fsp3) is 0.308. The van der Waals surface area contributed by atoms with E-state index in [1.54, 1.807) is 7.11 Å². The maximum Gasteiger partial charge on any atom is 0.161 e. The zero-order chi connectivity index (χ0) is 21.9. The molecule has 0 bridgehead atoms. The summed E-state index contributed by atoms with van der Waals surface area (Å²) in [4.78, 5) is 2.45. The van der Waals surface area contributed by atoms with Crippen LogP contribution in [0.15, 0.2) is 54.6 Å². The van der Waals surface area contributed by atoms with Gasteiger partial charge < -0.3 is 19.5 Å². The van der Waals surface area contributed by atoms with Gasteiger partial charge in [-0.1, -0.05) is 48.0 Å². The molecule has 0 saturated carbocycles. The second-order valence-corrected chi connectivity index (χ2v) is 8.46. The molecule has 1 saturated heterocycles. The van der Waals surface area contributed by atoms with Gasteiger partial charge in [-0.05, 0) is 29.3 Å². The van der Waals surface area contributed by atoms with Gasteiger partial charge in [0, 0.05) is 49.4 Å². The lowest BCUT2D eigenvalue weighted by atomic mass is 9.97. The Kier molecular flexibility index (Phi) is 6.21. The van der Waals surface area contributed by atoms with Crippen LogP contribution in [0.2, 0.25) is 5.02 Å². The smallest absolute Gasteiger partial charge is 0.161 e. The van der Waals surface area contributed by atoms with Gasteiger partial charge in [-0.15, -0.1) is 0 Å². The topological polar surface area (TPSA) is 43.0 Å². The van der Waals surface area contributed by atoms with Gasteiger partial charge in [0.05, 0.1) is 12.1 Å². The molecule has 5 rings (SSSR count). The summed E-state index contributed by atoms with van der Waals surface area (Å²) in [7, 11) is 1.73. The Morgan fingerprint density at radius 3 is 2.34 bits per heavy atom. The molecule has 2 heterocycles. The Labute approximate surface area is 193 Å². The highest BCUT2D eigenvalue weighted by atomic mass is 35.5. The van der Waals surface area contributed by atoms with Crippen LogP contribution in [0.3, 0.4) is 0 Å². The number of ether oxygens (including phenoxy) is 3. The van der Waals surface area contributed by atoms with Crippen molar-refractivity contribution in [3.05, 3.63) is 65.2 Å².